The molecule has 4 rings (SSSR count). The number of nitro benzene ring substituents is 1. The van der Waals surface area contributed by atoms with Crippen LogP contribution in [0.1, 0.15) is 21.5 Å². The Morgan fingerprint density at radius 2 is 1.83 bits per heavy atom. The van der Waals surface area contributed by atoms with Crippen LogP contribution < -0.4 is 10.1 Å². The fraction of sp³-hybridized carbons (Fsp3) is 0.0417. The van der Waals surface area contributed by atoms with Gasteiger partial charge in [-0.15, -0.1) is 0 Å². The number of benzene rings is 3. The van der Waals surface area contributed by atoms with Crippen LogP contribution in [0.15, 0.2) is 79.5 Å². The Labute approximate surface area is 231 Å². The topological polar surface area (TPSA) is 111 Å². The second kappa shape index (κ2) is 11.4. The van der Waals surface area contributed by atoms with Crippen molar-refractivity contribution in [2.24, 2.45) is 4.99 Å². The van der Waals surface area contributed by atoms with E-state index >= 15 is 0 Å². The normalized spacial score (nSPS) is 15.2. The van der Waals surface area contributed by atoms with E-state index in [0.29, 0.717) is 41.3 Å². The van der Waals surface area contributed by atoms with E-state index in [0.717, 1.165) is 11.8 Å². The molecular weight excluding hydrogens is 638 g/mol. The number of non-ortho nitro benzene ring substituents is 1. The zero-order valence-electron chi connectivity index (χ0n) is 18.0. The van der Waals surface area contributed by atoms with Gasteiger partial charge in [-0.2, -0.15) is 4.99 Å². The number of hydrogen-bond donors (Lipinski definition) is 1. The minimum Gasteiger partial charge on any atom is -0.487 e. The summed E-state index contributed by atoms with van der Waals surface area (Å²) >= 11 is 13.8. The van der Waals surface area contributed by atoms with Gasteiger partial charge >= 0.3 is 0 Å². The maximum Gasteiger partial charge on any atom is 0.279 e. The van der Waals surface area contributed by atoms with E-state index in [-0.39, 0.29) is 23.4 Å². The van der Waals surface area contributed by atoms with Crippen LogP contribution in [0.4, 0.5) is 5.69 Å². The maximum atomic E-state index is 12.4. The first-order chi connectivity index (χ1) is 17.2. The number of carbonyl (C=O) groups excluding carboxylic acids is 2. The van der Waals surface area contributed by atoms with Crippen molar-refractivity contribution in [3.63, 3.8) is 0 Å². The molecule has 3 aromatic carbocycles. The van der Waals surface area contributed by atoms with E-state index in [4.69, 9.17) is 16.3 Å². The van der Waals surface area contributed by atoms with E-state index in [2.05, 4.69) is 42.2 Å². The van der Waals surface area contributed by atoms with Crippen LogP contribution in [0, 0.1) is 10.1 Å². The molecule has 0 aromatic heterocycles. The summed E-state index contributed by atoms with van der Waals surface area (Å²) < 4.78 is 7.09. The third-order valence-electron chi connectivity index (χ3n) is 4.77. The lowest BCUT2D eigenvalue weighted by Crippen LogP contribution is -2.20. The average Bonchev–Trinajstić information content (AvgIpc) is 3.17. The zero-order chi connectivity index (χ0) is 25.8. The lowest BCUT2D eigenvalue weighted by molar-refractivity contribution is -0.384. The predicted octanol–water partition coefficient (Wildman–Crippen LogP) is 6.75. The quantitative estimate of drug-likeness (QED) is 0.179. The van der Waals surface area contributed by atoms with E-state index in [1.54, 1.807) is 54.6 Å². The molecule has 8 nitrogen and oxygen atoms in total. The number of carbonyl (C=O) groups is 2. The van der Waals surface area contributed by atoms with Crippen molar-refractivity contribution in [3.05, 3.63) is 106 Å². The van der Waals surface area contributed by atoms with Crippen molar-refractivity contribution in [3.8, 4) is 5.75 Å². The molecule has 1 saturated heterocycles. The number of rotatable bonds is 6. The molecule has 2 amide bonds. The molecule has 0 radical (unpaired) electrons. The molecule has 36 heavy (non-hydrogen) atoms. The zero-order valence-corrected chi connectivity index (χ0v) is 22.8. The van der Waals surface area contributed by atoms with Gasteiger partial charge in [0.15, 0.2) is 5.17 Å². The Morgan fingerprint density at radius 3 is 2.50 bits per heavy atom. The molecule has 1 N–H and O–H groups in total. The molecule has 1 aliphatic rings. The van der Waals surface area contributed by atoms with Gasteiger partial charge in [0, 0.05) is 22.7 Å². The molecule has 0 atom stereocenters. The molecule has 0 spiro atoms. The third kappa shape index (κ3) is 6.41. The highest BCUT2D eigenvalue weighted by atomic mass is 79.9. The number of nitrogens with one attached hydrogen (secondary N) is 1. The Hall–Kier alpha value is -2.99. The SMILES string of the molecule is O=C1NC(=NC(=O)c2ccc(Cl)cc2)S/C1=C\c1cc(Br)c(OCc2cccc([N+](=O)[O-])c2)c(Br)c1. The highest BCUT2D eigenvalue weighted by Crippen LogP contribution is 2.37. The van der Waals surface area contributed by atoms with Gasteiger partial charge in [-0.3, -0.25) is 19.7 Å². The largest absolute Gasteiger partial charge is 0.487 e. The van der Waals surface area contributed by atoms with Crippen LogP contribution in [0.3, 0.4) is 0 Å². The van der Waals surface area contributed by atoms with Crippen LogP contribution in [-0.4, -0.2) is 21.9 Å². The van der Waals surface area contributed by atoms with Gasteiger partial charge in [-0.05, 0) is 97.2 Å². The summed E-state index contributed by atoms with van der Waals surface area (Å²) in [6.45, 7) is 0.124. The smallest absolute Gasteiger partial charge is 0.279 e. The highest BCUT2D eigenvalue weighted by Gasteiger charge is 2.25. The number of ether oxygens (including phenoxy) is 1. The van der Waals surface area contributed by atoms with Gasteiger partial charge < -0.3 is 10.1 Å². The molecule has 182 valence electrons. The minimum atomic E-state index is -0.494. The summed E-state index contributed by atoms with van der Waals surface area (Å²) in [7, 11) is 0. The highest BCUT2D eigenvalue weighted by molar-refractivity contribution is 9.11. The lowest BCUT2D eigenvalue weighted by Gasteiger charge is -2.11. The van der Waals surface area contributed by atoms with Crippen molar-refractivity contribution in [2.75, 3.05) is 0 Å². The molecule has 1 heterocycles. The molecular formula is C24H14Br2ClN3O5S. The minimum absolute atomic E-state index is 0.0127. The lowest BCUT2D eigenvalue weighted by atomic mass is 10.2. The van der Waals surface area contributed by atoms with Gasteiger partial charge in [0.1, 0.15) is 12.4 Å². The number of nitro groups is 1. The molecule has 3 aromatic rings. The van der Waals surface area contributed by atoms with Gasteiger partial charge in [0.2, 0.25) is 0 Å². The van der Waals surface area contributed by atoms with Crippen molar-refractivity contribution in [1.82, 2.24) is 5.32 Å². The molecule has 0 saturated carbocycles. The number of amidine groups is 1. The summed E-state index contributed by atoms with van der Waals surface area (Å²) in [4.78, 5) is 39.6. The first kappa shape index (κ1) is 26.1. The van der Waals surface area contributed by atoms with Crippen LogP contribution in [-0.2, 0) is 11.4 Å². The number of hydrogen-bond acceptors (Lipinski definition) is 6. The summed E-state index contributed by atoms with van der Waals surface area (Å²) in [6, 6.07) is 16.0. The summed E-state index contributed by atoms with van der Waals surface area (Å²) in [5.41, 5.74) is 1.68. The average molecular weight is 652 g/mol. The van der Waals surface area contributed by atoms with Gasteiger partial charge in [-0.25, -0.2) is 0 Å². The third-order valence-corrected chi connectivity index (χ3v) is 7.11. The molecule has 12 heteroatoms. The Bertz CT molecular complexity index is 1420. The van der Waals surface area contributed by atoms with Gasteiger partial charge in [-0.1, -0.05) is 23.7 Å². The fourth-order valence-electron chi connectivity index (χ4n) is 3.10. The summed E-state index contributed by atoms with van der Waals surface area (Å²) in [5, 5.41) is 14.3. The Kier molecular flexibility index (Phi) is 8.24. The molecule has 1 fully saturated rings. The summed E-state index contributed by atoms with van der Waals surface area (Å²) in [5.74, 6) is -0.365. The maximum absolute atomic E-state index is 12.4. The van der Waals surface area contributed by atoms with Crippen molar-refractivity contribution in [1.29, 1.82) is 0 Å². The van der Waals surface area contributed by atoms with E-state index in [1.807, 2.05) is 0 Å². The van der Waals surface area contributed by atoms with Crippen LogP contribution in [0.2, 0.25) is 5.02 Å². The van der Waals surface area contributed by atoms with Gasteiger partial charge in [0.25, 0.3) is 17.5 Å². The number of nitrogens with zero attached hydrogens (tertiary/aromatic N) is 2. The summed E-state index contributed by atoms with van der Waals surface area (Å²) in [6.07, 6.45) is 1.66. The Morgan fingerprint density at radius 1 is 1.14 bits per heavy atom. The number of aliphatic imine (C=N–C) groups is 1. The van der Waals surface area contributed by atoms with Crippen LogP contribution >= 0.6 is 55.2 Å². The first-order valence-corrected chi connectivity index (χ1v) is 12.9. The number of amides is 2. The van der Waals surface area contributed by atoms with Crippen LogP contribution in [0.25, 0.3) is 6.08 Å². The Balaban J connectivity index is 1.47. The van der Waals surface area contributed by atoms with E-state index in [9.17, 15) is 19.7 Å². The van der Waals surface area contributed by atoms with E-state index < -0.39 is 10.8 Å². The van der Waals surface area contributed by atoms with Crippen molar-refractivity contribution < 1.29 is 19.2 Å². The monoisotopic (exact) mass is 649 g/mol. The van der Waals surface area contributed by atoms with Crippen LogP contribution in [0.5, 0.6) is 5.75 Å². The van der Waals surface area contributed by atoms with Crippen molar-refractivity contribution >= 4 is 84.0 Å². The second-order valence-electron chi connectivity index (χ2n) is 7.32. The molecule has 1 aliphatic heterocycles. The standard InChI is InChI=1S/C24H14Br2ClN3O5S/c25-18-9-14(10-19(26)21(18)35-12-13-2-1-3-17(8-13)30(33)34)11-20-23(32)29-24(36-20)28-22(31)15-4-6-16(27)7-5-15/h1-11H,12H2,(H,28,29,31,32)/b20-11-. The fourth-order valence-corrected chi connectivity index (χ4v) is 5.49. The number of thioether (sulfide) groups is 1. The molecule has 0 aliphatic carbocycles. The molecule has 0 unspecified atom stereocenters. The second-order valence-corrected chi connectivity index (χ2v) is 10.5. The molecule has 0 bridgehead atoms. The predicted molar refractivity (Wildman–Crippen MR) is 146 cm³/mol. The van der Waals surface area contributed by atoms with Crippen molar-refractivity contribution in [2.45, 2.75) is 6.61 Å². The van der Waals surface area contributed by atoms with Gasteiger partial charge in [0.05, 0.1) is 18.8 Å². The number of halogens is 3. The first-order valence-electron chi connectivity index (χ1n) is 10.1. The van der Waals surface area contributed by atoms with E-state index in [1.165, 1.54) is 12.1 Å².